The van der Waals surface area contributed by atoms with Gasteiger partial charge in [0.05, 0.1) is 13.2 Å². The molecule has 1 saturated heterocycles. The fourth-order valence-electron chi connectivity index (χ4n) is 2.50. The molecule has 0 radical (unpaired) electrons. The zero-order chi connectivity index (χ0) is 13.7. The summed E-state index contributed by atoms with van der Waals surface area (Å²) in [6.07, 6.45) is 1.14. The van der Waals surface area contributed by atoms with Crippen molar-refractivity contribution in [2.75, 3.05) is 26.8 Å². The minimum absolute atomic E-state index is 0.504. The Bertz CT molecular complexity index is 371. The first-order chi connectivity index (χ1) is 9.15. The van der Waals surface area contributed by atoms with Gasteiger partial charge in [-0.05, 0) is 32.9 Å². The van der Waals surface area contributed by atoms with Crippen molar-refractivity contribution in [2.24, 2.45) is 0 Å². The number of hydrogen-bond donors (Lipinski definition) is 1. The lowest BCUT2D eigenvalue weighted by Gasteiger charge is -2.31. The van der Waals surface area contributed by atoms with Crippen LogP contribution >= 0.6 is 0 Å². The van der Waals surface area contributed by atoms with E-state index < -0.39 is 0 Å². The second-order valence-electron chi connectivity index (χ2n) is 5.71. The molecule has 0 bridgehead atoms. The number of hydrogen-bond acceptors (Lipinski definition) is 3. The van der Waals surface area contributed by atoms with Crippen LogP contribution in [0.2, 0.25) is 0 Å². The van der Waals surface area contributed by atoms with E-state index in [-0.39, 0.29) is 0 Å². The molecule has 0 amide bonds. The van der Waals surface area contributed by atoms with E-state index in [1.165, 1.54) is 11.1 Å². The number of ether oxygens (including phenoxy) is 1. The highest BCUT2D eigenvalue weighted by atomic mass is 16.5. The predicted molar refractivity (Wildman–Crippen MR) is 79.3 cm³/mol. The topological polar surface area (TPSA) is 24.5 Å². The molecule has 3 heteroatoms. The number of morpholine rings is 1. The van der Waals surface area contributed by atoms with Crippen molar-refractivity contribution in [2.45, 2.75) is 38.9 Å². The number of benzene rings is 1. The summed E-state index contributed by atoms with van der Waals surface area (Å²) in [6, 6.07) is 9.88. The van der Waals surface area contributed by atoms with Gasteiger partial charge in [-0.1, -0.05) is 29.8 Å². The van der Waals surface area contributed by atoms with E-state index in [9.17, 15) is 0 Å². The summed E-state index contributed by atoms with van der Waals surface area (Å²) in [6.45, 7) is 8.12. The zero-order valence-electron chi connectivity index (χ0n) is 12.4. The minimum atomic E-state index is 0.504. The zero-order valence-corrected chi connectivity index (χ0v) is 12.4. The van der Waals surface area contributed by atoms with Crippen molar-refractivity contribution in [3.8, 4) is 0 Å². The number of nitrogens with zero attached hydrogens (tertiary/aromatic N) is 1. The van der Waals surface area contributed by atoms with Crippen molar-refractivity contribution < 1.29 is 4.74 Å². The maximum absolute atomic E-state index is 5.51. The molecule has 1 N–H and O–H groups in total. The van der Waals surface area contributed by atoms with Crippen LogP contribution in [0, 0.1) is 6.92 Å². The third kappa shape index (κ3) is 4.60. The quantitative estimate of drug-likeness (QED) is 0.880. The molecule has 0 spiro atoms. The van der Waals surface area contributed by atoms with Crippen LogP contribution in [-0.4, -0.2) is 43.8 Å². The number of rotatable bonds is 5. The first kappa shape index (κ1) is 14.5. The molecule has 1 aromatic carbocycles. The lowest BCUT2D eigenvalue weighted by Crippen LogP contribution is -2.45. The van der Waals surface area contributed by atoms with Crippen LogP contribution in [0.3, 0.4) is 0 Å². The fourth-order valence-corrected chi connectivity index (χ4v) is 2.50. The maximum atomic E-state index is 5.51. The summed E-state index contributed by atoms with van der Waals surface area (Å²) in [5.41, 5.74) is 2.70. The van der Waals surface area contributed by atoms with Crippen molar-refractivity contribution in [1.29, 1.82) is 0 Å². The number of nitrogens with one attached hydrogen (secondary N) is 1. The van der Waals surface area contributed by atoms with Crippen LogP contribution in [0.15, 0.2) is 24.3 Å². The third-order valence-corrected chi connectivity index (χ3v) is 3.93. The van der Waals surface area contributed by atoms with Crippen LogP contribution in [0.1, 0.15) is 24.5 Å². The van der Waals surface area contributed by atoms with E-state index >= 15 is 0 Å². The Kier molecular flexibility index (Phi) is 5.37. The molecule has 19 heavy (non-hydrogen) atoms. The molecule has 0 saturated carbocycles. The van der Waals surface area contributed by atoms with Gasteiger partial charge in [-0.3, -0.25) is 4.90 Å². The van der Waals surface area contributed by atoms with Gasteiger partial charge < -0.3 is 10.1 Å². The number of aryl methyl sites for hydroxylation is 1. The van der Waals surface area contributed by atoms with Gasteiger partial charge in [0, 0.05) is 25.2 Å². The Morgan fingerprint density at radius 2 is 2.11 bits per heavy atom. The second kappa shape index (κ2) is 7.04. The first-order valence-electron chi connectivity index (χ1n) is 7.22. The van der Waals surface area contributed by atoms with E-state index in [1.54, 1.807) is 0 Å². The summed E-state index contributed by atoms with van der Waals surface area (Å²) in [5.74, 6) is 0. The fraction of sp³-hybridized carbons (Fsp3) is 0.625. The van der Waals surface area contributed by atoms with Crippen LogP contribution in [0.4, 0.5) is 0 Å². The Morgan fingerprint density at radius 3 is 2.74 bits per heavy atom. The van der Waals surface area contributed by atoms with Gasteiger partial charge in [0.15, 0.2) is 0 Å². The molecule has 3 nitrogen and oxygen atoms in total. The molecule has 1 aromatic rings. The van der Waals surface area contributed by atoms with Crippen LogP contribution < -0.4 is 5.32 Å². The highest BCUT2D eigenvalue weighted by molar-refractivity contribution is 5.21. The molecule has 1 aliphatic heterocycles. The van der Waals surface area contributed by atoms with Gasteiger partial charge in [-0.15, -0.1) is 0 Å². The molecular formula is C16H26N2O. The maximum Gasteiger partial charge on any atom is 0.0620 e. The molecule has 1 heterocycles. The molecule has 0 aliphatic carbocycles. The molecule has 2 atom stereocenters. The summed E-state index contributed by atoms with van der Waals surface area (Å²) < 4.78 is 5.51. The molecule has 2 unspecified atom stereocenters. The van der Waals surface area contributed by atoms with Crippen molar-refractivity contribution in [1.82, 2.24) is 10.2 Å². The lowest BCUT2D eigenvalue weighted by molar-refractivity contribution is 0.0638. The van der Waals surface area contributed by atoms with Gasteiger partial charge in [-0.2, -0.15) is 0 Å². The van der Waals surface area contributed by atoms with Gasteiger partial charge in [0.25, 0.3) is 0 Å². The lowest BCUT2D eigenvalue weighted by atomic mass is 10.1. The highest BCUT2D eigenvalue weighted by Gasteiger charge is 2.18. The molecule has 1 fully saturated rings. The smallest absolute Gasteiger partial charge is 0.0620 e. The molecule has 0 aromatic heterocycles. The molecule has 106 valence electrons. The van der Waals surface area contributed by atoms with Gasteiger partial charge in [0.1, 0.15) is 0 Å². The Balaban J connectivity index is 1.81. The predicted octanol–water partition coefficient (Wildman–Crippen LogP) is 2.19. The molecular weight excluding hydrogens is 236 g/mol. The normalized spacial score (nSPS) is 21.6. The van der Waals surface area contributed by atoms with E-state index in [0.717, 1.165) is 32.7 Å². The van der Waals surface area contributed by atoms with E-state index in [4.69, 9.17) is 4.74 Å². The van der Waals surface area contributed by atoms with Crippen molar-refractivity contribution in [3.63, 3.8) is 0 Å². The van der Waals surface area contributed by atoms with E-state index in [1.807, 2.05) is 0 Å². The van der Waals surface area contributed by atoms with Crippen LogP contribution in [0.5, 0.6) is 0 Å². The van der Waals surface area contributed by atoms with Crippen molar-refractivity contribution in [3.05, 3.63) is 35.4 Å². The summed E-state index contributed by atoms with van der Waals surface area (Å²) in [4.78, 5) is 2.42. The minimum Gasteiger partial charge on any atom is -0.379 e. The third-order valence-electron chi connectivity index (χ3n) is 3.93. The first-order valence-corrected chi connectivity index (χ1v) is 7.22. The highest BCUT2D eigenvalue weighted by Crippen LogP contribution is 2.12. The second-order valence-corrected chi connectivity index (χ2v) is 5.71. The summed E-state index contributed by atoms with van der Waals surface area (Å²) >= 11 is 0. The standard InChI is InChI=1S/C16H26N2O/c1-13-4-6-15(7-5-13)11-18(3)14(2)10-16-12-19-9-8-17-16/h4-7,14,16-17H,8-12H2,1-3H3. The largest absolute Gasteiger partial charge is 0.379 e. The monoisotopic (exact) mass is 262 g/mol. The molecule has 1 aliphatic rings. The average Bonchev–Trinajstić information content (AvgIpc) is 2.42. The average molecular weight is 262 g/mol. The van der Waals surface area contributed by atoms with E-state index in [0.29, 0.717) is 12.1 Å². The van der Waals surface area contributed by atoms with E-state index in [2.05, 4.69) is 55.4 Å². The van der Waals surface area contributed by atoms with Crippen LogP contribution in [0.25, 0.3) is 0 Å². The van der Waals surface area contributed by atoms with Crippen LogP contribution in [-0.2, 0) is 11.3 Å². The Hall–Kier alpha value is -0.900. The Labute approximate surface area is 116 Å². The van der Waals surface area contributed by atoms with Gasteiger partial charge >= 0.3 is 0 Å². The Morgan fingerprint density at radius 1 is 1.37 bits per heavy atom. The summed E-state index contributed by atoms with van der Waals surface area (Å²) in [7, 11) is 2.20. The van der Waals surface area contributed by atoms with Gasteiger partial charge in [-0.25, -0.2) is 0 Å². The van der Waals surface area contributed by atoms with Gasteiger partial charge in [0.2, 0.25) is 0 Å². The SMILES string of the molecule is Cc1ccc(CN(C)C(C)CC2COCCN2)cc1. The molecule has 2 rings (SSSR count). The summed E-state index contributed by atoms with van der Waals surface area (Å²) in [5, 5.41) is 3.52. The van der Waals surface area contributed by atoms with Crippen molar-refractivity contribution >= 4 is 0 Å².